The first-order chi connectivity index (χ1) is 13.0. The molecule has 2 aromatic carbocycles. The Morgan fingerprint density at radius 1 is 1.15 bits per heavy atom. The van der Waals surface area contributed by atoms with Crippen molar-refractivity contribution < 1.29 is 14.6 Å². The second-order valence-corrected chi connectivity index (χ2v) is 6.48. The van der Waals surface area contributed by atoms with Gasteiger partial charge >= 0.3 is 5.97 Å². The molecule has 27 heavy (non-hydrogen) atoms. The molecule has 1 N–H and O–H groups in total. The van der Waals surface area contributed by atoms with Crippen LogP contribution in [0.15, 0.2) is 48.5 Å². The summed E-state index contributed by atoms with van der Waals surface area (Å²) in [5.74, 6) is 0.781. The van der Waals surface area contributed by atoms with E-state index in [0.717, 1.165) is 29.0 Å². The minimum atomic E-state index is -0.966. The van der Waals surface area contributed by atoms with E-state index in [1.165, 1.54) is 4.68 Å². The number of hydrogen-bond donors (Lipinski definition) is 1. The number of carboxylic acids is 1. The van der Waals surface area contributed by atoms with Gasteiger partial charge < -0.3 is 14.7 Å². The molecule has 0 aliphatic heterocycles. The molecule has 7 nitrogen and oxygen atoms in total. The molecule has 0 amide bonds. The van der Waals surface area contributed by atoms with Gasteiger partial charge in [-0.3, -0.25) is 4.79 Å². The zero-order valence-corrected chi connectivity index (χ0v) is 15.6. The summed E-state index contributed by atoms with van der Waals surface area (Å²) < 4.78 is 6.60. The van der Waals surface area contributed by atoms with E-state index < -0.39 is 5.97 Å². The molecule has 7 heteroatoms. The van der Waals surface area contributed by atoms with Crippen LogP contribution >= 0.6 is 0 Å². The van der Waals surface area contributed by atoms with Crippen molar-refractivity contribution in [3.8, 4) is 28.5 Å². The second kappa shape index (κ2) is 8.01. The fourth-order valence-electron chi connectivity index (χ4n) is 2.83. The van der Waals surface area contributed by atoms with Gasteiger partial charge in [-0.25, -0.2) is 9.67 Å². The molecule has 3 aromatic rings. The van der Waals surface area contributed by atoms with E-state index in [1.807, 2.05) is 62.6 Å². The lowest BCUT2D eigenvalue weighted by Gasteiger charge is -2.10. The SMILES string of the molecule is COc1ccc(-c2nc(-c3cccc(CN(C)C)c3)n(CC(=O)O)n2)cc1. The summed E-state index contributed by atoms with van der Waals surface area (Å²) in [5, 5.41) is 13.7. The Morgan fingerprint density at radius 2 is 1.89 bits per heavy atom. The predicted molar refractivity (Wildman–Crippen MR) is 102 cm³/mol. The van der Waals surface area contributed by atoms with Gasteiger partial charge in [-0.15, -0.1) is 5.10 Å². The lowest BCUT2D eigenvalue weighted by atomic mass is 10.1. The number of hydrogen-bond acceptors (Lipinski definition) is 5. The molecular weight excluding hydrogens is 344 g/mol. The molecular formula is C20H22N4O3. The smallest absolute Gasteiger partial charge is 0.325 e. The van der Waals surface area contributed by atoms with E-state index in [-0.39, 0.29) is 6.54 Å². The standard InChI is InChI=1S/C20H22N4O3/c1-23(2)12-14-5-4-6-16(11-14)20-21-19(22-24(20)13-18(25)26)15-7-9-17(27-3)10-8-15/h4-11H,12-13H2,1-3H3,(H,25,26). The summed E-state index contributed by atoms with van der Waals surface area (Å²) in [6, 6.07) is 15.3. The number of nitrogens with zero attached hydrogens (tertiary/aromatic N) is 4. The number of aromatic nitrogens is 3. The summed E-state index contributed by atoms with van der Waals surface area (Å²) in [5.41, 5.74) is 2.75. The van der Waals surface area contributed by atoms with Crippen LogP contribution in [0.1, 0.15) is 5.56 Å². The van der Waals surface area contributed by atoms with Crippen LogP contribution in [0.5, 0.6) is 5.75 Å². The third kappa shape index (κ3) is 4.51. The Kier molecular flexibility index (Phi) is 5.52. The lowest BCUT2D eigenvalue weighted by molar-refractivity contribution is -0.137. The largest absolute Gasteiger partial charge is 0.497 e. The molecule has 0 atom stereocenters. The minimum absolute atomic E-state index is 0.254. The summed E-state index contributed by atoms with van der Waals surface area (Å²) >= 11 is 0. The molecule has 0 saturated carbocycles. The molecule has 0 aliphatic rings. The summed E-state index contributed by atoms with van der Waals surface area (Å²) in [7, 11) is 5.61. The first-order valence-corrected chi connectivity index (χ1v) is 8.51. The number of methoxy groups -OCH3 is 1. The molecule has 0 aliphatic carbocycles. The molecule has 0 unspecified atom stereocenters. The van der Waals surface area contributed by atoms with Crippen LogP contribution in [-0.2, 0) is 17.9 Å². The normalized spacial score (nSPS) is 11.0. The molecule has 0 spiro atoms. The van der Waals surface area contributed by atoms with E-state index >= 15 is 0 Å². The molecule has 3 rings (SSSR count). The van der Waals surface area contributed by atoms with Crippen LogP contribution in [0.2, 0.25) is 0 Å². The van der Waals surface area contributed by atoms with Crippen LogP contribution < -0.4 is 4.74 Å². The quantitative estimate of drug-likeness (QED) is 0.693. The first-order valence-electron chi connectivity index (χ1n) is 8.51. The fourth-order valence-corrected chi connectivity index (χ4v) is 2.83. The Labute approximate surface area is 157 Å². The molecule has 0 fully saturated rings. The predicted octanol–water partition coefficient (Wildman–Crippen LogP) is 2.77. The average Bonchev–Trinajstić information content (AvgIpc) is 3.04. The maximum absolute atomic E-state index is 11.3. The third-order valence-electron chi connectivity index (χ3n) is 3.99. The van der Waals surface area contributed by atoms with Crippen molar-refractivity contribution in [2.24, 2.45) is 0 Å². The van der Waals surface area contributed by atoms with Gasteiger partial charge in [-0.1, -0.05) is 18.2 Å². The highest BCUT2D eigenvalue weighted by atomic mass is 16.5. The highest BCUT2D eigenvalue weighted by molar-refractivity contribution is 5.69. The van der Waals surface area contributed by atoms with Gasteiger partial charge in [0.2, 0.25) is 0 Å². The van der Waals surface area contributed by atoms with Gasteiger partial charge in [0.25, 0.3) is 0 Å². The lowest BCUT2D eigenvalue weighted by Crippen LogP contribution is -2.12. The van der Waals surface area contributed by atoms with Crippen molar-refractivity contribution in [1.82, 2.24) is 19.7 Å². The van der Waals surface area contributed by atoms with Crippen molar-refractivity contribution in [2.75, 3.05) is 21.2 Å². The summed E-state index contributed by atoms with van der Waals surface area (Å²) in [6.45, 7) is 0.530. The highest BCUT2D eigenvalue weighted by Crippen LogP contribution is 2.25. The zero-order chi connectivity index (χ0) is 19.4. The van der Waals surface area contributed by atoms with Crippen molar-refractivity contribution in [2.45, 2.75) is 13.1 Å². The number of carbonyl (C=O) groups is 1. The van der Waals surface area contributed by atoms with Crippen LogP contribution in [0, 0.1) is 0 Å². The van der Waals surface area contributed by atoms with Crippen molar-refractivity contribution in [3.63, 3.8) is 0 Å². The molecule has 140 valence electrons. The number of rotatable bonds is 7. The van der Waals surface area contributed by atoms with Gasteiger partial charge in [-0.2, -0.15) is 0 Å². The van der Waals surface area contributed by atoms with Gasteiger partial charge in [0.15, 0.2) is 11.6 Å². The minimum Gasteiger partial charge on any atom is -0.497 e. The molecule has 0 bridgehead atoms. The average molecular weight is 366 g/mol. The van der Waals surface area contributed by atoms with Gasteiger partial charge in [-0.05, 0) is 50.0 Å². The number of ether oxygens (including phenoxy) is 1. The van der Waals surface area contributed by atoms with E-state index in [2.05, 4.69) is 15.0 Å². The molecule has 1 heterocycles. The topological polar surface area (TPSA) is 80.5 Å². The van der Waals surface area contributed by atoms with E-state index in [1.54, 1.807) is 7.11 Å². The Balaban J connectivity index is 2.02. The van der Waals surface area contributed by atoms with Crippen molar-refractivity contribution in [3.05, 3.63) is 54.1 Å². The van der Waals surface area contributed by atoms with Crippen LogP contribution in [0.3, 0.4) is 0 Å². The maximum atomic E-state index is 11.3. The summed E-state index contributed by atoms with van der Waals surface area (Å²) in [6.07, 6.45) is 0. The zero-order valence-electron chi connectivity index (χ0n) is 15.6. The maximum Gasteiger partial charge on any atom is 0.325 e. The van der Waals surface area contributed by atoms with Crippen LogP contribution in [0.25, 0.3) is 22.8 Å². The Hall–Kier alpha value is -3.19. The Morgan fingerprint density at radius 3 is 2.52 bits per heavy atom. The van der Waals surface area contributed by atoms with Gasteiger partial charge in [0, 0.05) is 17.7 Å². The first kappa shape index (κ1) is 18.6. The van der Waals surface area contributed by atoms with Gasteiger partial charge in [0.05, 0.1) is 7.11 Å². The fraction of sp³-hybridized carbons (Fsp3) is 0.250. The number of carboxylic acid groups (broad SMARTS) is 1. The second-order valence-electron chi connectivity index (χ2n) is 6.48. The third-order valence-corrected chi connectivity index (χ3v) is 3.99. The number of aliphatic carboxylic acids is 1. The Bertz CT molecular complexity index is 933. The van der Waals surface area contributed by atoms with E-state index in [9.17, 15) is 9.90 Å². The number of benzene rings is 2. The van der Waals surface area contributed by atoms with Gasteiger partial charge in [0.1, 0.15) is 12.3 Å². The van der Waals surface area contributed by atoms with E-state index in [0.29, 0.717) is 11.6 Å². The van der Waals surface area contributed by atoms with Crippen LogP contribution in [-0.4, -0.2) is 51.9 Å². The summed E-state index contributed by atoms with van der Waals surface area (Å²) in [4.78, 5) is 18.0. The molecule has 0 saturated heterocycles. The highest BCUT2D eigenvalue weighted by Gasteiger charge is 2.16. The van der Waals surface area contributed by atoms with E-state index in [4.69, 9.17) is 4.74 Å². The molecule has 0 radical (unpaired) electrons. The van der Waals surface area contributed by atoms with Crippen LogP contribution in [0.4, 0.5) is 0 Å². The van der Waals surface area contributed by atoms with Crippen molar-refractivity contribution >= 4 is 5.97 Å². The monoisotopic (exact) mass is 366 g/mol. The van der Waals surface area contributed by atoms with Crippen molar-refractivity contribution in [1.29, 1.82) is 0 Å². The molecule has 1 aromatic heterocycles.